The second kappa shape index (κ2) is 12.2. The molecule has 270 valence electrons. The number of amides is 2. The Kier molecular flexibility index (Phi) is 8.75. The number of aliphatic hydroxyl groups is 1. The van der Waals surface area contributed by atoms with Crippen molar-refractivity contribution < 1.29 is 38.0 Å². The molecular formula is C37H50N4O8Si. The molecule has 2 fully saturated rings. The topological polar surface area (TPSA) is 152 Å². The van der Waals surface area contributed by atoms with Crippen LogP contribution >= 0.6 is 0 Å². The third kappa shape index (κ3) is 5.18. The molecule has 3 aliphatic carbocycles. The molecule has 4 aliphatic rings. The highest BCUT2D eigenvalue weighted by molar-refractivity contribution is 6.74. The van der Waals surface area contributed by atoms with Crippen LogP contribution in [0.25, 0.3) is 5.76 Å². The van der Waals surface area contributed by atoms with Gasteiger partial charge in [0.25, 0.3) is 0 Å². The van der Waals surface area contributed by atoms with Crippen molar-refractivity contribution in [1.29, 1.82) is 0 Å². The van der Waals surface area contributed by atoms with Crippen LogP contribution in [0.15, 0.2) is 16.2 Å². The molecule has 13 heteroatoms. The van der Waals surface area contributed by atoms with Gasteiger partial charge in [-0.3, -0.25) is 24.1 Å². The Labute approximate surface area is 294 Å². The largest absolute Gasteiger partial charge is 0.507 e. The van der Waals surface area contributed by atoms with Crippen molar-refractivity contribution in [2.45, 2.75) is 103 Å². The van der Waals surface area contributed by atoms with Gasteiger partial charge in [0.1, 0.15) is 17.6 Å². The monoisotopic (exact) mass is 706 g/mol. The third-order valence-corrected chi connectivity index (χ3v) is 16.4. The molecule has 12 nitrogen and oxygen atoms in total. The van der Waals surface area contributed by atoms with E-state index in [2.05, 4.69) is 31.2 Å². The molecule has 1 saturated heterocycles. The van der Waals surface area contributed by atoms with E-state index < -0.39 is 49.4 Å². The lowest BCUT2D eigenvalue weighted by Gasteiger charge is -2.55. The van der Waals surface area contributed by atoms with E-state index in [1.165, 1.54) is 14.0 Å². The zero-order valence-corrected chi connectivity index (χ0v) is 32.1. The molecule has 2 aromatic rings. The molecule has 5 atom stereocenters. The number of fused-ring (bicyclic) bond motifs is 4. The number of anilines is 1. The standard InChI is InChI=1S/C37H50N4O8Si/c1-18-24(38-35(46)25-13-12-14-41(25)20(3)42)17-26(47-9)22-15-21-16-23-30(40(7)8)32-28(19(2)39-48-32)33(44)37(23,49-50(10,11)36(4,5)6)34(45)29(21)31(43)27(18)22/h17,21,23,25,30,43H,12-16H2,1-11H3,(H,38,46)/t21-,23-,25-,30-,37+/m0/s1. The summed E-state index contributed by atoms with van der Waals surface area (Å²) in [4.78, 5) is 59.6. The van der Waals surface area contributed by atoms with E-state index >= 15 is 4.79 Å². The molecular weight excluding hydrogens is 657 g/mol. The van der Waals surface area contributed by atoms with Crippen molar-refractivity contribution in [2.24, 2.45) is 11.8 Å². The summed E-state index contributed by atoms with van der Waals surface area (Å²) >= 11 is 0. The molecule has 0 radical (unpaired) electrons. The second-order valence-corrected chi connectivity index (χ2v) is 20.9. The summed E-state index contributed by atoms with van der Waals surface area (Å²) in [6.45, 7) is 15.7. The summed E-state index contributed by atoms with van der Waals surface area (Å²) in [7, 11) is 2.50. The van der Waals surface area contributed by atoms with E-state index in [0.29, 0.717) is 65.4 Å². The first-order valence-electron chi connectivity index (χ1n) is 17.4. The van der Waals surface area contributed by atoms with Gasteiger partial charge in [-0.25, -0.2) is 0 Å². The molecule has 1 aromatic heterocycles. The normalized spacial score (nSPS) is 26.4. The van der Waals surface area contributed by atoms with Crippen LogP contribution in [-0.2, 0) is 25.2 Å². The van der Waals surface area contributed by atoms with Gasteiger partial charge in [-0.1, -0.05) is 25.9 Å². The Hall–Kier alpha value is -3.81. The summed E-state index contributed by atoms with van der Waals surface area (Å²) in [5.41, 5.74) is 0.959. The van der Waals surface area contributed by atoms with Crippen molar-refractivity contribution in [3.63, 3.8) is 0 Å². The first-order valence-corrected chi connectivity index (χ1v) is 20.3. The van der Waals surface area contributed by atoms with Crippen LogP contribution in [0.3, 0.4) is 0 Å². The zero-order valence-electron chi connectivity index (χ0n) is 31.1. The Morgan fingerprint density at radius 2 is 1.84 bits per heavy atom. The van der Waals surface area contributed by atoms with E-state index in [-0.39, 0.29) is 33.7 Å². The number of carbonyl (C=O) groups is 4. The van der Waals surface area contributed by atoms with Crippen molar-refractivity contribution >= 4 is 43.1 Å². The molecule has 1 aromatic carbocycles. The highest BCUT2D eigenvalue weighted by Gasteiger charge is 2.68. The fourth-order valence-corrected chi connectivity index (χ4v) is 9.91. The zero-order chi connectivity index (χ0) is 36.8. The van der Waals surface area contributed by atoms with Crippen LogP contribution in [0.1, 0.15) is 91.5 Å². The summed E-state index contributed by atoms with van der Waals surface area (Å²) in [6.07, 6.45) is 1.99. The number of hydrogen-bond donors (Lipinski definition) is 2. The molecule has 1 aliphatic heterocycles. The van der Waals surface area contributed by atoms with Crippen molar-refractivity contribution in [3.8, 4) is 5.75 Å². The fourth-order valence-electron chi connectivity index (χ4n) is 8.46. The minimum atomic E-state index is -2.82. The number of benzene rings is 1. The van der Waals surface area contributed by atoms with Gasteiger partial charge in [-0.15, -0.1) is 0 Å². The number of carbonyl (C=O) groups excluding carboxylic acids is 4. The molecule has 50 heavy (non-hydrogen) atoms. The Morgan fingerprint density at radius 3 is 2.44 bits per heavy atom. The van der Waals surface area contributed by atoms with Crippen LogP contribution in [0, 0.1) is 25.7 Å². The number of likely N-dealkylation sites (tertiary alicyclic amines) is 1. The average molecular weight is 707 g/mol. The van der Waals surface area contributed by atoms with Gasteiger partial charge in [0.15, 0.2) is 19.7 Å². The number of ketones is 2. The number of aliphatic hydroxyl groups excluding tert-OH is 1. The summed E-state index contributed by atoms with van der Waals surface area (Å²) in [5, 5.41) is 19.1. The summed E-state index contributed by atoms with van der Waals surface area (Å²) in [5.74, 6) is -1.94. The summed E-state index contributed by atoms with van der Waals surface area (Å²) < 4.78 is 18.8. The first-order chi connectivity index (χ1) is 23.3. The number of ether oxygens (including phenoxy) is 1. The van der Waals surface area contributed by atoms with E-state index in [9.17, 15) is 19.5 Å². The van der Waals surface area contributed by atoms with Crippen molar-refractivity contribution in [2.75, 3.05) is 33.1 Å². The maximum atomic E-state index is 15.4. The molecule has 2 amide bonds. The number of Topliss-reactive ketones (excluding diaryl/α,β-unsaturated/α-hetero) is 2. The van der Waals surface area contributed by atoms with Crippen molar-refractivity contribution in [3.05, 3.63) is 45.3 Å². The number of rotatable bonds is 6. The van der Waals surface area contributed by atoms with Crippen LogP contribution in [-0.4, -0.2) is 91.2 Å². The quantitative estimate of drug-likeness (QED) is 0.290. The molecule has 2 heterocycles. The molecule has 6 rings (SSSR count). The van der Waals surface area contributed by atoms with Gasteiger partial charge in [0.05, 0.1) is 24.4 Å². The highest BCUT2D eigenvalue weighted by Crippen LogP contribution is 2.58. The van der Waals surface area contributed by atoms with Crippen LogP contribution in [0.2, 0.25) is 18.1 Å². The lowest BCUT2D eigenvalue weighted by molar-refractivity contribution is -0.140. The van der Waals surface area contributed by atoms with Gasteiger partial charge in [-0.2, -0.15) is 0 Å². The predicted molar refractivity (Wildman–Crippen MR) is 190 cm³/mol. The van der Waals surface area contributed by atoms with Crippen molar-refractivity contribution in [1.82, 2.24) is 15.0 Å². The Morgan fingerprint density at radius 1 is 1.16 bits per heavy atom. The van der Waals surface area contributed by atoms with Crippen LogP contribution in [0.4, 0.5) is 5.69 Å². The first kappa shape index (κ1) is 36.0. The number of nitrogens with one attached hydrogen (secondary N) is 1. The minimum Gasteiger partial charge on any atom is -0.507 e. The SMILES string of the molecule is COc1cc(NC(=O)[C@@H]2CCCN2C(C)=O)c(C)c2c1C[C@H]1C[C@H]3[C@H](N(C)C)c4onc(C)c4C(=O)[C@@]3(O[Si](C)(C)C(C)(C)C)C(=O)C1=C2O. The molecule has 2 N–H and O–H groups in total. The fraction of sp³-hybridized carbons (Fsp3) is 0.595. The van der Waals surface area contributed by atoms with E-state index in [4.69, 9.17) is 13.7 Å². The molecule has 1 saturated carbocycles. The van der Waals surface area contributed by atoms with Gasteiger partial charge in [0, 0.05) is 47.8 Å². The van der Waals surface area contributed by atoms with Crippen LogP contribution in [0.5, 0.6) is 5.75 Å². The third-order valence-electron chi connectivity index (χ3n) is 12.0. The van der Waals surface area contributed by atoms with E-state index in [1.54, 1.807) is 24.8 Å². The number of nitrogens with zero attached hydrogens (tertiary/aromatic N) is 3. The smallest absolute Gasteiger partial charge is 0.247 e. The summed E-state index contributed by atoms with van der Waals surface area (Å²) in [6, 6.07) is 0.639. The van der Waals surface area contributed by atoms with Gasteiger partial charge in [0.2, 0.25) is 23.4 Å². The van der Waals surface area contributed by atoms with Gasteiger partial charge in [-0.05, 0) is 83.2 Å². The number of methoxy groups -OCH3 is 1. The Balaban J connectivity index is 1.53. The second-order valence-electron chi connectivity index (χ2n) is 16.1. The van der Waals surface area contributed by atoms with Gasteiger partial charge < -0.3 is 29.0 Å². The lowest BCUT2D eigenvalue weighted by atomic mass is 9.57. The number of aromatic nitrogens is 1. The maximum Gasteiger partial charge on any atom is 0.247 e. The lowest BCUT2D eigenvalue weighted by Crippen LogP contribution is -2.68. The predicted octanol–water partition coefficient (Wildman–Crippen LogP) is 5.54. The van der Waals surface area contributed by atoms with E-state index in [1.807, 2.05) is 32.1 Å². The molecule has 0 spiro atoms. The highest BCUT2D eigenvalue weighted by atomic mass is 28.4. The van der Waals surface area contributed by atoms with Gasteiger partial charge >= 0.3 is 0 Å². The van der Waals surface area contributed by atoms with E-state index in [0.717, 1.165) is 6.42 Å². The molecule has 0 bridgehead atoms. The van der Waals surface area contributed by atoms with Crippen LogP contribution < -0.4 is 10.1 Å². The maximum absolute atomic E-state index is 15.4. The number of hydrogen-bond acceptors (Lipinski definition) is 10. The Bertz CT molecular complexity index is 1840. The molecule has 0 unspecified atom stereocenters. The average Bonchev–Trinajstić information content (AvgIpc) is 3.66. The minimum absolute atomic E-state index is 0.156. The number of aryl methyl sites for hydroxylation is 1.